The second-order valence-corrected chi connectivity index (χ2v) is 6.67. The summed E-state index contributed by atoms with van der Waals surface area (Å²) >= 11 is 0. The largest absolute Gasteiger partial charge is 0.352 e. The molecule has 0 saturated carbocycles. The molecule has 1 heterocycles. The quantitative estimate of drug-likeness (QED) is 0.169. The Hall–Kier alpha value is -2.95. The summed E-state index contributed by atoms with van der Waals surface area (Å²) in [7, 11) is 1.69. The Morgan fingerprint density at radius 1 is 1.10 bits per heavy atom. The number of para-hydroxylation sites is 1. The third-order valence-corrected chi connectivity index (χ3v) is 4.48. The first kappa shape index (κ1) is 23.3. The fourth-order valence-electron chi connectivity index (χ4n) is 3.11. The number of nitro benzene ring substituents is 1. The maximum atomic E-state index is 10.9. The van der Waals surface area contributed by atoms with Crippen molar-refractivity contribution in [2.45, 2.75) is 26.9 Å². The molecule has 0 amide bonds. The topological polar surface area (TPSA) is 97.4 Å². The SMILES string of the molecule is CN=C(NCc1cccc([N+](=O)[O-])c1)NCc1ccccc1-n1nc(C)cc1C.I. The Kier molecular flexibility index (Phi) is 8.34. The molecule has 0 saturated heterocycles. The van der Waals surface area contributed by atoms with Gasteiger partial charge in [-0.05, 0) is 37.1 Å². The first-order chi connectivity index (χ1) is 14.0. The molecule has 0 spiro atoms. The van der Waals surface area contributed by atoms with Crippen LogP contribution in [0.4, 0.5) is 5.69 Å². The van der Waals surface area contributed by atoms with Crippen molar-refractivity contribution in [3.63, 3.8) is 0 Å². The third-order valence-electron chi connectivity index (χ3n) is 4.48. The molecular formula is C21H25IN6O2. The van der Waals surface area contributed by atoms with Crippen LogP contribution in [0.1, 0.15) is 22.5 Å². The molecule has 30 heavy (non-hydrogen) atoms. The molecule has 0 atom stereocenters. The predicted molar refractivity (Wildman–Crippen MR) is 129 cm³/mol. The maximum Gasteiger partial charge on any atom is 0.269 e. The van der Waals surface area contributed by atoms with E-state index in [-0.39, 0.29) is 29.7 Å². The lowest BCUT2D eigenvalue weighted by Gasteiger charge is -2.15. The van der Waals surface area contributed by atoms with Crippen LogP contribution in [-0.4, -0.2) is 27.7 Å². The van der Waals surface area contributed by atoms with Crippen molar-refractivity contribution in [3.05, 3.63) is 87.2 Å². The minimum atomic E-state index is -0.396. The van der Waals surface area contributed by atoms with E-state index in [0.29, 0.717) is 19.0 Å². The number of nitrogens with one attached hydrogen (secondary N) is 2. The summed E-state index contributed by atoms with van der Waals surface area (Å²) in [5.74, 6) is 0.611. The molecule has 1 aromatic heterocycles. The van der Waals surface area contributed by atoms with Crippen molar-refractivity contribution >= 4 is 35.6 Å². The zero-order chi connectivity index (χ0) is 20.8. The van der Waals surface area contributed by atoms with E-state index in [1.165, 1.54) is 6.07 Å². The zero-order valence-electron chi connectivity index (χ0n) is 17.1. The van der Waals surface area contributed by atoms with E-state index in [1.807, 2.05) is 54.9 Å². The van der Waals surface area contributed by atoms with Gasteiger partial charge in [-0.25, -0.2) is 4.68 Å². The van der Waals surface area contributed by atoms with Crippen molar-refractivity contribution in [3.8, 4) is 5.69 Å². The van der Waals surface area contributed by atoms with Gasteiger partial charge in [0.1, 0.15) is 0 Å². The highest BCUT2D eigenvalue weighted by molar-refractivity contribution is 14.0. The number of hydrogen-bond donors (Lipinski definition) is 2. The van der Waals surface area contributed by atoms with Gasteiger partial charge in [-0.1, -0.05) is 30.3 Å². The van der Waals surface area contributed by atoms with Crippen molar-refractivity contribution in [2.75, 3.05) is 7.05 Å². The summed E-state index contributed by atoms with van der Waals surface area (Å²) in [5.41, 5.74) is 5.02. The fraction of sp³-hybridized carbons (Fsp3) is 0.238. The minimum Gasteiger partial charge on any atom is -0.352 e. The van der Waals surface area contributed by atoms with Gasteiger partial charge in [0.15, 0.2) is 5.96 Å². The van der Waals surface area contributed by atoms with E-state index >= 15 is 0 Å². The number of benzene rings is 2. The molecule has 0 unspecified atom stereocenters. The number of rotatable bonds is 6. The molecule has 2 N–H and O–H groups in total. The van der Waals surface area contributed by atoms with Crippen molar-refractivity contribution in [1.82, 2.24) is 20.4 Å². The van der Waals surface area contributed by atoms with Crippen LogP contribution in [0.15, 0.2) is 59.6 Å². The molecule has 3 rings (SSSR count). The Labute approximate surface area is 192 Å². The lowest BCUT2D eigenvalue weighted by Crippen LogP contribution is -2.36. The maximum absolute atomic E-state index is 10.9. The van der Waals surface area contributed by atoms with E-state index in [0.717, 1.165) is 28.2 Å². The van der Waals surface area contributed by atoms with Gasteiger partial charge in [0.25, 0.3) is 5.69 Å². The Morgan fingerprint density at radius 2 is 1.83 bits per heavy atom. The van der Waals surface area contributed by atoms with Crippen molar-refractivity contribution in [2.24, 2.45) is 4.99 Å². The van der Waals surface area contributed by atoms with Crippen LogP contribution >= 0.6 is 24.0 Å². The van der Waals surface area contributed by atoms with Gasteiger partial charge in [-0.2, -0.15) is 5.10 Å². The Morgan fingerprint density at radius 3 is 2.50 bits per heavy atom. The number of nitrogens with zero attached hydrogens (tertiary/aromatic N) is 4. The van der Waals surface area contributed by atoms with Crippen LogP contribution in [0.3, 0.4) is 0 Å². The molecule has 2 aromatic carbocycles. The summed E-state index contributed by atoms with van der Waals surface area (Å²) in [5, 5.41) is 22.0. The number of non-ortho nitro benzene ring substituents is 1. The first-order valence-corrected chi connectivity index (χ1v) is 9.27. The number of aryl methyl sites for hydroxylation is 2. The summed E-state index contributed by atoms with van der Waals surface area (Å²) in [4.78, 5) is 14.8. The average molecular weight is 520 g/mol. The van der Waals surface area contributed by atoms with Gasteiger partial charge < -0.3 is 10.6 Å². The number of guanidine groups is 1. The van der Waals surface area contributed by atoms with Crippen LogP contribution in [0.25, 0.3) is 5.69 Å². The van der Waals surface area contributed by atoms with Gasteiger partial charge in [-0.15, -0.1) is 24.0 Å². The molecule has 3 aromatic rings. The number of aromatic nitrogens is 2. The van der Waals surface area contributed by atoms with Crippen LogP contribution in [0.2, 0.25) is 0 Å². The smallest absolute Gasteiger partial charge is 0.269 e. The molecule has 0 aliphatic carbocycles. The third kappa shape index (κ3) is 5.78. The molecule has 0 bridgehead atoms. The van der Waals surface area contributed by atoms with Gasteiger partial charge in [0.2, 0.25) is 0 Å². The lowest BCUT2D eigenvalue weighted by atomic mass is 10.1. The summed E-state index contributed by atoms with van der Waals surface area (Å²) in [6.07, 6.45) is 0. The van der Waals surface area contributed by atoms with E-state index in [1.54, 1.807) is 19.2 Å². The van der Waals surface area contributed by atoms with Crippen molar-refractivity contribution in [1.29, 1.82) is 0 Å². The van der Waals surface area contributed by atoms with Crippen LogP contribution < -0.4 is 10.6 Å². The van der Waals surface area contributed by atoms with E-state index in [9.17, 15) is 10.1 Å². The van der Waals surface area contributed by atoms with Gasteiger partial charge in [0.05, 0.1) is 16.3 Å². The average Bonchev–Trinajstić information content (AvgIpc) is 3.06. The summed E-state index contributed by atoms with van der Waals surface area (Å²) < 4.78 is 1.94. The lowest BCUT2D eigenvalue weighted by molar-refractivity contribution is -0.384. The van der Waals surface area contributed by atoms with E-state index in [4.69, 9.17) is 0 Å². The molecule has 158 valence electrons. The molecule has 0 aliphatic rings. The fourth-order valence-corrected chi connectivity index (χ4v) is 3.11. The molecule has 8 nitrogen and oxygen atoms in total. The predicted octanol–water partition coefficient (Wildman–Crippen LogP) is 3.88. The first-order valence-electron chi connectivity index (χ1n) is 9.27. The number of nitro groups is 1. The van der Waals surface area contributed by atoms with Crippen LogP contribution in [-0.2, 0) is 13.1 Å². The molecule has 0 fully saturated rings. The minimum absolute atomic E-state index is 0. The Bertz CT molecular complexity index is 1050. The molecule has 0 aliphatic heterocycles. The number of halogens is 1. The molecule has 9 heteroatoms. The standard InChI is InChI=1S/C21H24N6O2.HI/c1-15-11-16(2)26(25-15)20-10-5-4-8-18(20)14-24-21(22-3)23-13-17-7-6-9-19(12-17)27(28)29;/h4-12H,13-14H2,1-3H3,(H2,22,23,24);1H. The summed E-state index contributed by atoms with van der Waals surface area (Å²) in [6, 6.07) is 16.7. The van der Waals surface area contributed by atoms with Crippen molar-refractivity contribution < 1.29 is 4.92 Å². The highest BCUT2D eigenvalue weighted by atomic mass is 127. The number of hydrogen-bond acceptors (Lipinski definition) is 4. The highest BCUT2D eigenvalue weighted by Gasteiger charge is 2.10. The second kappa shape index (κ2) is 10.7. The van der Waals surface area contributed by atoms with Crippen LogP contribution in [0, 0.1) is 24.0 Å². The van der Waals surface area contributed by atoms with E-state index in [2.05, 4.69) is 20.7 Å². The Balaban J connectivity index is 0.00000320. The normalized spacial score (nSPS) is 11.0. The van der Waals surface area contributed by atoms with Gasteiger partial charge >= 0.3 is 0 Å². The van der Waals surface area contributed by atoms with Gasteiger partial charge in [0, 0.05) is 38.0 Å². The zero-order valence-corrected chi connectivity index (χ0v) is 19.5. The van der Waals surface area contributed by atoms with Gasteiger partial charge in [-0.3, -0.25) is 15.1 Å². The summed E-state index contributed by atoms with van der Waals surface area (Å²) in [6.45, 7) is 5.00. The second-order valence-electron chi connectivity index (χ2n) is 6.67. The van der Waals surface area contributed by atoms with E-state index < -0.39 is 4.92 Å². The number of aliphatic imine (C=N–C) groups is 1. The monoisotopic (exact) mass is 520 g/mol. The van der Waals surface area contributed by atoms with Crippen LogP contribution in [0.5, 0.6) is 0 Å². The highest BCUT2D eigenvalue weighted by Crippen LogP contribution is 2.17. The molecule has 0 radical (unpaired) electrons. The molecular weight excluding hydrogens is 495 g/mol.